The van der Waals surface area contributed by atoms with Gasteiger partial charge in [-0.05, 0) is 24.3 Å². The van der Waals surface area contributed by atoms with E-state index in [-0.39, 0.29) is 0 Å². The van der Waals surface area contributed by atoms with Crippen LogP contribution in [0.4, 0.5) is 0 Å². The highest BCUT2D eigenvalue weighted by molar-refractivity contribution is 5.38. The molecule has 1 heterocycles. The van der Waals surface area contributed by atoms with E-state index >= 15 is 0 Å². The minimum atomic E-state index is 0.324. The van der Waals surface area contributed by atoms with E-state index in [4.69, 9.17) is 0 Å². The van der Waals surface area contributed by atoms with Crippen LogP contribution in [0.3, 0.4) is 0 Å². The molecule has 0 spiro atoms. The molecule has 14 heavy (non-hydrogen) atoms. The molecule has 0 aliphatic heterocycles. The Balaban J connectivity index is 2.58. The van der Waals surface area contributed by atoms with E-state index in [1.807, 2.05) is 0 Å². The van der Waals surface area contributed by atoms with Gasteiger partial charge in [-0.25, -0.2) is 0 Å². The Hall–Kier alpha value is -0.790. The van der Waals surface area contributed by atoms with Crippen LogP contribution in [0.5, 0.6) is 0 Å². The third kappa shape index (κ3) is 1.20. The maximum Gasteiger partial charge on any atom is 0.0684 e. The molecule has 2 heteroatoms. The lowest BCUT2D eigenvalue weighted by atomic mass is 9.90. The third-order valence-electron chi connectivity index (χ3n) is 3.36. The number of fused-ring (bicyclic) bond motifs is 1. The second kappa shape index (κ2) is 2.85. The summed E-state index contributed by atoms with van der Waals surface area (Å²) in [5.41, 5.74) is 4.62. The van der Waals surface area contributed by atoms with Crippen molar-refractivity contribution < 1.29 is 0 Å². The van der Waals surface area contributed by atoms with E-state index in [0.29, 0.717) is 11.3 Å². The first-order chi connectivity index (χ1) is 6.43. The molecule has 2 nitrogen and oxygen atoms in total. The first-order valence-electron chi connectivity index (χ1n) is 5.49. The van der Waals surface area contributed by atoms with Crippen LogP contribution < -0.4 is 0 Å². The van der Waals surface area contributed by atoms with Gasteiger partial charge in [-0.3, -0.25) is 4.68 Å². The SMILES string of the molecule is CC(C)c1nn(C)c2c1CCC2(C)C. The summed E-state index contributed by atoms with van der Waals surface area (Å²) in [4.78, 5) is 0. The van der Waals surface area contributed by atoms with Crippen molar-refractivity contribution in [2.45, 2.75) is 51.9 Å². The van der Waals surface area contributed by atoms with Gasteiger partial charge >= 0.3 is 0 Å². The van der Waals surface area contributed by atoms with Gasteiger partial charge < -0.3 is 0 Å². The van der Waals surface area contributed by atoms with Crippen molar-refractivity contribution in [3.63, 3.8) is 0 Å². The summed E-state index contributed by atoms with van der Waals surface area (Å²) in [6.07, 6.45) is 2.48. The van der Waals surface area contributed by atoms with Crippen molar-refractivity contribution in [1.82, 2.24) is 9.78 Å². The quantitative estimate of drug-likeness (QED) is 0.669. The van der Waals surface area contributed by atoms with Gasteiger partial charge in [-0.15, -0.1) is 0 Å². The standard InChI is InChI=1S/C12H20N2/c1-8(2)10-9-6-7-12(3,4)11(9)14(5)13-10/h8H,6-7H2,1-5H3. The molecule has 0 unspecified atom stereocenters. The lowest BCUT2D eigenvalue weighted by Crippen LogP contribution is -2.17. The van der Waals surface area contributed by atoms with Crippen LogP contribution in [0.2, 0.25) is 0 Å². The maximum absolute atomic E-state index is 4.64. The van der Waals surface area contributed by atoms with Crippen LogP contribution in [0, 0.1) is 0 Å². The Morgan fingerprint density at radius 2 is 2.00 bits per heavy atom. The Bertz CT molecular complexity index is 359. The zero-order valence-electron chi connectivity index (χ0n) is 9.89. The Labute approximate surface area is 86.3 Å². The van der Waals surface area contributed by atoms with Gasteiger partial charge in [0.15, 0.2) is 0 Å². The predicted molar refractivity (Wildman–Crippen MR) is 58.6 cm³/mol. The third-order valence-corrected chi connectivity index (χ3v) is 3.36. The van der Waals surface area contributed by atoms with Gasteiger partial charge in [0.1, 0.15) is 0 Å². The summed E-state index contributed by atoms with van der Waals surface area (Å²) in [6, 6.07) is 0. The van der Waals surface area contributed by atoms with Crippen LogP contribution >= 0.6 is 0 Å². The average molecular weight is 192 g/mol. The van der Waals surface area contributed by atoms with Crippen molar-refractivity contribution in [3.8, 4) is 0 Å². The van der Waals surface area contributed by atoms with Gasteiger partial charge in [-0.1, -0.05) is 27.7 Å². The number of hydrogen-bond donors (Lipinski definition) is 0. The summed E-state index contributed by atoms with van der Waals surface area (Å²) < 4.78 is 2.09. The van der Waals surface area contributed by atoms with Gasteiger partial charge in [0.2, 0.25) is 0 Å². The van der Waals surface area contributed by atoms with E-state index in [0.717, 1.165) is 0 Å². The fourth-order valence-corrected chi connectivity index (χ4v) is 2.70. The summed E-state index contributed by atoms with van der Waals surface area (Å²) >= 11 is 0. The molecule has 0 fully saturated rings. The first kappa shape index (κ1) is 9.75. The largest absolute Gasteiger partial charge is 0.272 e. The Morgan fingerprint density at radius 3 is 2.57 bits per heavy atom. The Morgan fingerprint density at radius 1 is 1.36 bits per heavy atom. The number of aryl methyl sites for hydroxylation is 1. The van der Waals surface area contributed by atoms with E-state index in [1.165, 1.54) is 29.8 Å². The maximum atomic E-state index is 4.64. The molecule has 0 atom stereocenters. The van der Waals surface area contributed by atoms with Gasteiger partial charge in [0.05, 0.1) is 5.69 Å². The molecular formula is C12H20N2. The van der Waals surface area contributed by atoms with Crippen molar-refractivity contribution in [2.75, 3.05) is 0 Å². The van der Waals surface area contributed by atoms with Gasteiger partial charge in [-0.2, -0.15) is 5.10 Å². The van der Waals surface area contributed by atoms with E-state index in [9.17, 15) is 0 Å². The normalized spacial score (nSPS) is 19.0. The smallest absolute Gasteiger partial charge is 0.0684 e. The van der Waals surface area contributed by atoms with Crippen LogP contribution in [0.25, 0.3) is 0 Å². The van der Waals surface area contributed by atoms with E-state index < -0.39 is 0 Å². The van der Waals surface area contributed by atoms with Crippen molar-refractivity contribution in [3.05, 3.63) is 17.0 Å². The lowest BCUT2D eigenvalue weighted by molar-refractivity contribution is 0.473. The minimum Gasteiger partial charge on any atom is -0.272 e. The zero-order chi connectivity index (χ0) is 10.5. The number of hydrogen-bond acceptors (Lipinski definition) is 1. The average Bonchev–Trinajstić information content (AvgIpc) is 2.53. The second-order valence-corrected chi connectivity index (χ2v) is 5.37. The van der Waals surface area contributed by atoms with Crippen molar-refractivity contribution in [2.24, 2.45) is 7.05 Å². The fraction of sp³-hybridized carbons (Fsp3) is 0.750. The van der Waals surface area contributed by atoms with E-state index in [1.54, 1.807) is 0 Å². The van der Waals surface area contributed by atoms with Gasteiger partial charge in [0.25, 0.3) is 0 Å². The molecule has 0 saturated carbocycles. The first-order valence-corrected chi connectivity index (χ1v) is 5.49. The molecule has 0 bridgehead atoms. The summed E-state index contributed by atoms with van der Waals surface area (Å²) in [5, 5.41) is 4.64. The monoisotopic (exact) mass is 192 g/mol. The molecule has 1 aliphatic rings. The molecule has 0 aromatic carbocycles. The molecule has 0 N–H and O–H groups in total. The van der Waals surface area contributed by atoms with Crippen LogP contribution in [0.15, 0.2) is 0 Å². The molecule has 0 radical (unpaired) electrons. The van der Waals surface area contributed by atoms with Crippen LogP contribution in [0.1, 0.15) is 57.0 Å². The summed E-state index contributed by atoms with van der Waals surface area (Å²) in [7, 11) is 2.08. The number of rotatable bonds is 1. The summed E-state index contributed by atoms with van der Waals surface area (Å²) in [5.74, 6) is 0.554. The van der Waals surface area contributed by atoms with E-state index in [2.05, 4.69) is 44.5 Å². The highest BCUT2D eigenvalue weighted by Crippen LogP contribution is 2.40. The highest BCUT2D eigenvalue weighted by atomic mass is 15.3. The number of aromatic nitrogens is 2. The molecule has 1 aliphatic carbocycles. The molecule has 78 valence electrons. The van der Waals surface area contributed by atoms with Crippen molar-refractivity contribution in [1.29, 1.82) is 0 Å². The minimum absolute atomic E-state index is 0.324. The summed E-state index contributed by atoms with van der Waals surface area (Å²) in [6.45, 7) is 9.11. The van der Waals surface area contributed by atoms with Crippen LogP contribution in [-0.2, 0) is 18.9 Å². The zero-order valence-corrected chi connectivity index (χ0v) is 9.89. The Kier molecular flexibility index (Phi) is 1.98. The molecule has 1 aromatic heterocycles. The second-order valence-electron chi connectivity index (χ2n) is 5.37. The predicted octanol–water partition coefficient (Wildman–Crippen LogP) is 2.77. The molecule has 2 rings (SSSR count). The molecular weight excluding hydrogens is 172 g/mol. The number of nitrogens with zero attached hydrogens (tertiary/aromatic N) is 2. The topological polar surface area (TPSA) is 17.8 Å². The van der Waals surface area contributed by atoms with Crippen molar-refractivity contribution >= 4 is 0 Å². The molecule has 1 aromatic rings. The van der Waals surface area contributed by atoms with Gasteiger partial charge in [0, 0.05) is 18.2 Å². The lowest BCUT2D eigenvalue weighted by Gasteiger charge is -2.18. The highest BCUT2D eigenvalue weighted by Gasteiger charge is 2.35. The van der Waals surface area contributed by atoms with Crippen LogP contribution in [-0.4, -0.2) is 9.78 Å². The fourth-order valence-electron chi connectivity index (χ4n) is 2.70. The molecule has 0 saturated heterocycles. The molecule has 0 amide bonds.